The predicted molar refractivity (Wildman–Crippen MR) is 119 cm³/mol. The standard InChI is InChI=1S/C19H13F3N8O7/c1-23-27-16(18(31)26-12-4-2-9(19(20,21)22)6-15(12)29(34)35)17(30(36)37)14-8-24-11-5-3-10(28(32)33)7-13(11)25-14/h2-8,17,23H,1H3,(H,26,31)/b27-16-. The van der Waals surface area contributed by atoms with Gasteiger partial charge < -0.3 is 10.7 Å². The monoisotopic (exact) mass is 522 g/mol. The number of halogens is 3. The lowest BCUT2D eigenvalue weighted by Gasteiger charge is -2.13. The SMILES string of the molecule is CN/N=C(\C(=O)Nc1ccc(C(F)(F)F)cc1[N+](=O)[O-])C(c1cnc2ccc([N+](=O)[O-])cc2n1)[N+](=O)[O-]. The Bertz CT molecular complexity index is 1460. The van der Waals surface area contributed by atoms with Crippen LogP contribution in [0.2, 0.25) is 0 Å². The van der Waals surface area contributed by atoms with Crippen LogP contribution in [0.4, 0.5) is 30.2 Å². The summed E-state index contributed by atoms with van der Waals surface area (Å²) >= 11 is 0. The number of nitrogens with one attached hydrogen (secondary N) is 2. The van der Waals surface area contributed by atoms with E-state index in [1.165, 1.54) is 13.1 Å². The van der Waals surface area contributed by atoms with Gasteiger partial charge >= 0.3 is 12.2 Å². The number of nitro groups is 3. The van der Waals surface area contributed by atoms with Crippen LogP contribution in [0.25, 0.3) is 11.0 Å². The molecule has 1 unspecified atom stereocenters. The first-order chi connectivity index (χ1) is 17.3. The molecule has 0 bridgehead atoms. The molecule has 1 amide bonds. The molecule has 0 aliphatic heterocycles. The highest BCUT2D eigenvalue weighted by molar-refractivity contribution is 6.44. The zero-order valence-electron chi connectivity index (χ0n) is 18.3. The number of alkyl halides is 3. The van der Waals surface area contributed by atoms with Gasteiger partial charge in [-0.15, -0.1) is 0 Å². The van der Waals surface area contributed by atoms with E-state index in [0.29, 0.717) is 12.1 Å². The molecule has 3 aromatic rings. The van der Waals surface area contributed by atoms with Crippen LogP contribution in [0, 0.1) is 30.3 Å². The van der Waals surface area contributed by atoms with Crippen LogP contribution >= 0.6 is 0 Å². The number of nitrogens with zero attached hydrogens (tertiary/aromatic N) is 6. The van der Waals surface area contributed by atoms with Crippen molar-refractivity contribution in [2.45, 2.75) is 12.2 Å². The van der Waals surface area contributed by atoms with E-state index in [-0.39, 0.29) is 22.8 Å². The molecule has 0 aliphatic rings. The van der Waals surface area contributed by atoms with Gasteiger partial charge in [-0.2, -0.15) is 18.3 Å². The Morgan fingerprint density at radius 3 is 2.30 bits per heavy atom. The predicted octanol–water partition coefficient (Wildman–Crippen LogP) is 3.00. The molecule has 0 radical (unpaired) electrons. The van der Waals surface area contributed by atoms with Crippen molar-refractivity contribution in [2.75, 3.05) is 12.4 Å². The molecule has 1 atom stereocenters. The average Bonchev–Trinajstić information content (AvgIpc) is 2.82. The Hall–Kier alpha value is -5.29. The molecule has 18 heteroatoms. The zero-order valence-corrected chi connectivity index (χ0v) is 18.3. The maximum atomic E-state index is 13.0. The maximum absolute atomic E-state index is 13.0. The lowest BCUT2D eigenvalue weighted by atomic mass is 10.1. The Morgan fingerprint density at radius 1 is 1.03 bits per heavy atom. The molecule has 0 fully saturated rings. The minimum Gasteiger partial charge on any atom is -0.315 e. The van der Waals surface area contributed by atoms with E-state index in [1.807, 2.05) is 5.32 Å². The molecule has 0 aliphatic carbocycles. The Morgan fingerprint density at radius 2 is 1.73 bits per heavy atom. The molecule has 0 spiro atoms. The van der Waals surface area contributed by atoms with Crippen molar-refractivity contribution in [3.05, 3.63) is 84.2 Å². The average molecular weight is 522 g/mol. The van der Waals surface area contributed by atoms with Gasteiger partial charge in [0.2, 0.25) is 5.71 Å². The summed E-state index contributed by atoms with van der Waals surface area (Å²) < 4.78 is 38.9. The van der Waals surface area contributed by atoms with Gasteiger partial charge in [-0.1, -0.05) is 0 Å². The number of benzene rings is 2. The van der Waals surface area contributed by atoms with E-state index in [9.17, 15) is 48.3 Å². The smallest absolute Gasteiger partial charge is 0.315 e. The molecule has 192 valence electrons. The van der Waals surface area contributed by atoms with Gasteiger partial charge in [-0.25, -0.2) is 4.98 Å². The molecule has 37 heavy (non-hydrogen) atoms. The van der Waals surface area contributed by atoms with E-state index in [1.54, 1.807) is 0 Å². The first-order valence-corrected chi connectivity index (χ1v) is 9.79. The third-order valence-electron chi connectivity index (χ3n) is 4.74. The van der Waals surface area contributed by atoms with Crippen LogP contribution in [0.5, 0.6) is 0 Å². The van der Waals surface area contributed by atoms with Gasteiger partial charge in [0.05, 0.1) is 32.6 Å². The van der Waals surface area contributed by atoms with Crippen molar-refractivity contribution in [3.63, 3.8) is 0 Å². The lowest BCUT2D eigenvalue weighted by molar-refractivity contribution is -0.509. The van der Waals surface area contributed by atoms with E-state index in [2.05, 4.69) is 20.5 Å². The summed E-state index contributed by atoms with van der Waals surface area (Å²) in [7, 11) is 1.18. The summed E-state index contributed by atoms with van der Waals surface area (Å²) in [6.45, 7) is 0. The second-order valence-electron chi connectivity index (χ2n) is 7.07. The van der Waals surface area contributed by atoms with Crippen molar-refractivity contribution in [2.24, 2.45) is 5.10 Å². The summed E-state index contributed by atoms with van der Waals surface area (Å²) in [4.78, 5) is 52.2. The quantitative estimate of drug-likeness (QED) is 0.251. The van der Waals surface area contributed by atoms with Crippen LogP contribution in [0.3, 0.4) is 0 Å². The summed E-state index contributed by atoms with van der Waals surface area (Å²) in [5, 5.41) is 39.8. The van der Waals surface area contributed by atoms with Crippen molar-refractivity contribution < 1.29 is 32.7 Å². The zero-order chi connectivity index (χ0) is 27.5. The highest BCUT2D eigenvalue weighted by Gasteiger charge is 2.38. The van der Waals surface area contributed by atoms with Crippen LogP contribution < -0.4 is 10.7 Å². The third-order valence-corrected chi connectivity index (χ3v) is 4.74. The van der Waals surface area contributed by atoms with E-state index >= 15 is 0 Å². The van der Waals surface area contributed by atoms with Gasteiger partial charge in [-0.3, -0.25) is 40.1 Å². The summed E-state index contributed by atoms with van der Waals surface area (Å²) in [5.74, 6) is -1.38. The Labute approximate surface area is 202 Å². The Kier molecular flexibility index (Phi) is 7.21. The first kappa shape index (κ1) is 26.3. The molecule has 0 saturated heterocycles. The normalized spacial score (nSPS) is 12.6. The number of carbonyl (C=O) groups excluding carboxylic acids is 1. The van der Waals surface area contributed by atoms with Gasteiger partial charge in [0.1, 0.15) is 11.4 Å². The third kappa shape index (κ3) is 5.69. The van der Waals surface area contributed by atoms with Gasteiger partial charge in [-0.05, 0) is 18.2 Å². The maximum Gasteiger partial charge on any atom is 0.416 e. The van der Waals surface area contributed by atoms with Crippen LogP contribution in [0.15, 0.2) is 47.7 Å². The summed E-state index contributed by atoms with van der Waals surface area (Å²) in [6.07, 6.45) is -3.98. The van der Waals surface area contributed by atoms with E-state index < -0.39 is 61.2 Å². The number of non-ortho nitro benzene ring substituents is 1. The topological polar surface area (TPSA) is 209 Å². The van der Waals surface area contributed by atoms with E-state index in [0.717, 1.165) is 18.3 Å². The highest BCUT2D eigenvalue weighted by atomic mass is 19.4. The number of fused-ring (bicyclic) bond motifs is 1. The molecule has 3 rings (SSSR count). The molecule has 0 saturated carbocycles. The number of hydrazone groups is 1. The summed E-state index contributed by atoms with van der Waals surface area (Å²) in [6, 6.07) is 2.55. The number of aromatic nitrogens is 2. The fraction of sp³-hybridized carbons (Fsp3) is 0.158. The van der Waals surface area contributed by atoms with E-state index in [4.69, 9.17) is 0 Å². The number of amides is 1. The second kappa shape index (κ2) is 10.1. The first-order valence-electron chi connectivity index (χ1n) is 9.79. The van der Waals surface area contributed by atoms with Crippen molar-refractivity contribution >= 4 is 39.7 Å². The number of nitro benzene ring substituents is 2. The van der Waals surface area contributed by atoms with Crippen molar-refractivity contribution in [1.29, 1.82) is 0 Å². The summed E-state index contributed by atoms with van der Waals surface area (Å²) in [5.41, 5.74) is -2.70. The minimum atomic E-state index is -4.91. The molecule has 1 heterocycles. The number of hydrogen-bond donors (Lipinski definition) is 2. The molecule has 15 nitrogen and oxygen atoms in total. The molecule has 2 N–H and O–H groups in total. The Balaban J connectivity index is 2.05. The largest absolute Gasteiger partial charge is 0.416 e. The number of rotatable bonds is 8. The van der Waals surface area contributed by atoms with Crippen LogP contribution in [-0.4, -0.2) is 43.4 Å². The van der Waals surface area contributed by atoms with Gasteiger partial charge in [0, 0.05) is 30.2 Å². The number of hydrogen-bond acceptors (Lipinski definition) is 11. The highest BCUT2D eigenvalue weighted by Crippen LogP contribution is 2.35. The van der Waals surface area contributed by atoms with Gasteiger partial charge in [0.25, 0.3) is 17.3 Å². The van der Waals surface area contributed by atoms with Crippen molar-refractivity contribution in [1.82, 2.24) is 15.4 Å². The van der Waals surface area contributed by atoms with Crippen LogP contribution in [0.1, 0.15) is 17.3 Å². The second-order valence-corrected chi connectivity index (χ2v) is 7.07. The molecular formula is C19H13F3N8O7. The minimum absolute atomic E-state index is 0.110. The van der Waals surface area contributed by atoms with Crippen LogP contribution in [-0.2, 0) is 11.0 Å². The molecular weight excluding hydrogens is 509 g/mol. The molecule has 2 aromatic carbocycles. The number of anilines is 1. The fourth-order valence-corrected chi connectivity index (χ4v) is 3.12. The molecule has 1 aromatic heterocycles. The lowest BCUT2D eigenvalue weighted by Crippen LogP contribution is -2.34. The van der Waals surface area contributed by atoms with Crippen molar-refractivity contribution in [3.8, 4) is 0 Å². The van der Waals surface area contributed by atoms with Gasteiger partial charge in [0.15, 0.2) is 0 Å². The number of carbonyl (C=O) groups is 1. The fourth-order valence-electron chi connectivity index (χ4n) is 3.12.